The normalized spacial score (nSPS) is 24.2. The number of rotatable bonds is 4. The molecule has 1 heterocycles. The van der Waals surface area contributed by atoms with Crippen LogP contribution in [0.2, 0.25) is 5.02 Å². The number of benzene rings is 1. The fourth-order valence-corrected chi connectivity index (χ4v) is 3.38. The van der Waals surface area contributed by atoms with Crippen LogP contribution in [0.4, 0.5) is 4.39 Å². The Balaban J connectivity index is 1.90. The lowest BCUT2D eigenvalue weighted by Crippen LogP contribution is -2.40. The molecular formula is C12H15ClFNOS. The molecule has 1 atom stereocenters. The zero-order chi connectivity index (χ0) is 12.3. The molecule has 0 amide bonds. The Hall–Kier alpha value is -0.290. The second-order valence-corrected chi connectivity index (χ2v) is 5.84. The molecule has 1 saturated heterocycles. The van der Waals surface area contributed by atoms with Crippen LogP contribution in [0, 0.1) is 5.82 Å². The first-order valence-electron chi connectivity index (χ1n) is 5.54. The highest BCUT2D eigenvalue weighted by Crippen LogP contribution is 2.27. The molecule has 0 aliphatic carbocycles. The maximum atomic E-state index is 13.5. The molecule has 0 saturated carbocycles. The lowest BCUT2D eigenvalue weighted by atomic mass is 10.0. The SMILES string of the molecule is OC1(CNCc2c(F)cccc2Cl)CCSC1. The van der Waals surface area contributed by atoms with Gasteiger partial charge in [-0.05, 0) is 24.3 Å². The summed E-state index contributed by atoms with van der Waals surface area (Å²) in [6.07, 6.45) is 0.787. The molecule has 2 nitrogen and oxygen atoms in total. The number of halogens is 2. The van der Waals surface area contributed by atoms with E-state index in [1.54, 1.807) is 23.9 Å². The molecule has 1 aromatic rings. The Morgan fingerprint density at radius 3 is 3.00 bits per heavy atom. The number of hydrogen-bond donors (Lipinski definition) is 2. The van der Waals surface area contributed by atoms with E-state index in [1.807, 2.05) is 0 Å². The molecule has 94 valence electrons. The summed E-state index contributed by atoms with van der Waals surface area (Å²) < 4.78 is 13.5. The fraction of sp³-hybridized carbons (Fsp3) is 0.500. The van der Waals surface area contributed by atoms with Crippen molar-refractivity contribution >= 4 is 23.4 Å². The predicted octanol–water partition coefficient (Wildman–Crippen LogP) is 2.44. The van der Waals surface area contributed by atoms with Crippen molar-refractivity contribution in [2.24, 2.45) is 0 Å². The number of hydrogen-bond acceptors (Lipinski definition) is 3. The van der Waals surface area contributed by atoms with Gasteiger partial charge in [0, 0.05) is 29.4 Å². The molecule has 1 aromatic carbocycles. The van der Waals surface area contributed by atoms with Crippen LogP contribution in [0.15, 0.2) is 18.2 Å². The zero-order valence-electron chi connectivity index (χ0n) is 9.38. The van der Waals surface area contributed by atoms with E-state index in [1.165, 1.54) is 6.07 Å². The molecule has 1 fully saturated rings. The van der Waals surface area contributed by atoms with E-state index in [2.05, 4.69) is 5.32 Å². The number of aliphatic hydroxyl groups is 1. The molecule has 1 aliphatic rings. The molecular weight excluding hydrogens is 261 g/mol. The molecule has 2 N–H and O–H groups in total. The summed E-state index contributed by atoms with van der Waals surface area (Å²) in [4.78, 5) is 0. The van der Waals surface area contributed by atoms with Gasteiger partial charge in [-0.3, -0.25) is 0 Å². The first-order chi connectivity index (χ1) is 8.11. The summed E-state index contributed by atoms with van der Waals surface area (Å²) in [7, 11) is 0. The van der Waals surface area contributed by atoms with Crippen LogP contribution in [0.1, 0.15) is 12.0 Å². The Morgan fingerprint density at radius 2 is 2.35 bits per heavy atom. The van der Waals surface area contributed by atoms with Crippen LogP contribution in [0.3, 0.4) is 0 Å². The van der Waals surface area contributed by atoms with Crippen molar-refractivity contribution in [2.75, 3.05) is 18.1 Å². The van der Waals surface area contributed by atoms with Gasteiger partial charge in [-0.15, -0.1) is 0 Å². The second kappa shape index (κ2) is 5.57. The van der Waals surface area contributed by atoms with E-state index in [0.717, 1.165) is 17.9 Å². The van der Waals surface area contributed by atoms with Gasteiger partial charge in [0.25, 0.3) is 0 Å². The highest BCUT2D eigenvalue weighted by molar-refractivity contribution is 7.99. The maximum Gasteiger partial charge on any atom is 0.129 e. The van der Waals surface area contributed by atoms with E-state index in [4.69, 9.17) is 11.6 Å². The van der Waals surface area contributed by atoms with Crippen molar-refractivity contribution in [1.82, 2.24) is 5.32 Å². The van der Waals surface area contributed by atoms with Gasteiger partial charge in [-0.2, -0.15) is 11.8 Å². The van der Waals surface area contributed by atoms with Crippen LogP contribution >= 0.6 is 23.4 Å². The van der Waals surface area contributed by atoms with Crippen molar-refractivity contribution in [1.29, 1.82) is 0 Å². The van der Waals surface area contributed by atoms with Gasteiger partial charge >= 0.3 is 0 Å². The summed E-state index contributed by atoms with van der Waals surface area (Å²) in [5.41, 5.74) is -0.189. The average molecular weight is 276 g/mol. The minimum absolute atomic E-state index is 0.308. The van der Waals surface area contributed by atoms with E-state index in [0.29, 0.717) is 23.7 Å². The van der Waals surface area contributed by atoms with Gasteiger partial charge in [-0.1, -0.05) is 17.7 Å². The minimum atomic E-state index is -0.650. The zero-order valence-corrected chi connectivity index (χ0v) is 11.0. The van der Waals surface area contributed by atoms with Gasteiger partial charge in [-0.25, -0.2) is 4.39 Å². The van der Waals surface area contributed by atoms with Crippen molar-refractivity contribution in [3.05, 3.63) is 34.6 Å². The molecule has 0 bridgehead atoms. The predicted molar refractivity (Wildman–Crippen MR) is 70.0 cm³/mol. The lowest BCUT2D eigenvalue weighted by molar-refractivity contribution is 0.0674. The van der Waals surface area contributed by atoms with Crippen molar-refractivity contribution in [3.63, 3.8) is 0 Å². The van der Waals surface area contributed by atoms with Gasteiger partial charge in [0.05, 0.1) is 5.60 Å². The molecule has 5 heteroatoms. The molecule has 0 aromatic heterocycles. The number of nitrogens with one attached hydrogen (secondary N) is 1. The Bertz CT molecular complexity index is 376. The summed E-state index contributed by atoms with van der Waals surface area (Å²) >= 11 is 7.66. The van der Waals surface area contributed by atoms with Crippen LogP contribution < -0.4 is 5.32 Å². The molecule has 0 spiro atoms. The van der Waals surface area contributed by atoms with Crippen molar-refractivity contribution < 1.29 is 9.50 Å². The third-order valence-corrected chi connectivity index (χ3v) is 4.49. The summed E-state index contributed by atoms with van der Waals surface area (Å²) in [6.45, 7) is 0.823. The summed E-state index contributed by atoms with van der Waals surface area (Å²) in [5.74, 6) is 1.42. The minimum Gasteiger partial charge on any atom is -0.388 e. The standard InChI is InChI=1S/C12H15ClFNOS/c13-10-2-1-3-11(14)9(10)6-15-7-12(16)4-5-17-8-12/h1-3,15-16H,4-8H2. The highest BCUT2D eigenvalue weighted by atomic mass is 35.5. The van der Waals surface area contributed by atoms with Crippen LogP contribution in [-0.4, -0.2) is 28.8 Å². The third-order valence-electron chi connectivity index (χ3n) is 2.90. The molecule has 17 heavy (non-hydrogen) atoms. The average Bonchev–Trinajstić information content (AvgIpc) is 2.70. The Kier molecular flexibility index (Phi) is 4.31. The van der Waals surface area contributed by atoms with Gasteiger partial charge in [0.1, 0.15) is 5.82 Å². The topological polar surface area (TPSA) is 32.3 Å². The van der Waals surface area contributed by atoms with Crippen LogP contribution in [0.5, 0.6) is 0 Å². The summed E-state index contributed by atoms with van der Waals surface area (Å²) in [5, 5.41) is 13.6. The maximum absolute atomic E-state index is 13.5. The van der Waals surface area contributed by atoms with Crippen molar-refractivity contribution in [3.8, 4) is 0 Å². The summed E-state index contributed by atoms with van der Waals surface area (Å²) in [6, 6.07) is 4.65. The van der Waals surface area contributed by atoms with E-state index in [-0.39, 0.29) is 5.82 Å². The van der Waals surface area contributed by atoms with Gasteiger partial charge in [0.2, 0.25) is 0 Å². The third kappa shape index (κ3) is 3.35. The Labute approximate surface area is 110 Å². The first-order valence-corrected chi connectivity index (χ1v) is 7.08. The second-order valence-electron chi connectivity index (χ2n) is 4.33. The smallest absolute Gasteiger partial charge is 0.129 e. The van der Waals surface area contributed by atoms with Crippen molar-refractivity contribution in [2.45, 2.75) is 18.6 Å². The number of thioether (sulfide) groups is 1. The van der Waals surface area contributed by atoms with E-state index < -0.39 is 5.60 Å². The van der Waals surface area contributed by atoms with Crippen LogP contribution in [0.25, 0.3) is 0 Å². The lowest BCUT2D eigenvalue weighted by Gasteiger charge is -2.21. The largest absolute Gasteiger partial charge is 0.388 e. The molecule has 1 aliphatic heterocycles. The fourth-order valence-electron chi connectivity index (χ4n) is 1.86. The van der Waals surface area contributed by atoms with Gasteiger partial charge < -0.3 is 10.4 Å². The van der Waals surface area contributed by atoms with Crippen LogP contribution in [-0.2, 0) is 6.54 Å². The highest BCUT2D eigenvalue weighted by Gasteiger charge is 2.31. The quantitative estimate of drug-likeness (QED) is 0.885. The molecule has 0 radical (unpaired) electrons. The van der Waals surface area contributed by atoms with Gasteiger partial charge in [0.15, 0.2) is 0 Å². The molecule has 2 rings (SSSR count). The molecule has 1 unspecified atom stereocenters. The van der Waals surface area contributed by atoms with E-state index >= 15 is 0 Å². The Morgan fingerprint density at radius 1 is 1.53 bits per heavy atom. The van der Waals surface area contributed by atoms with E-state index in [9.17, 15) is 9.50 Å². The monoisotopic (exact) mass is 275 g/mol. The first kappa shape index (κ1) is 13.1.